The van der Waals surface area contributed by atoms with Gasteiger partial charge in [-0.15, -0.1) is 20.5 Å². The zero-order valence-electron chi connectivity index (χ0n) is 38.9. The smallest absolute Gasteiger partial charge is 0.297 e. The quantitative estimate of drug-likeness (QED) is 0.0123. The number of phenolic OH excluding ortho intramolecular Hbond substituents is 1. The first-order valence-corrected chi connectivity index (χ1v) is 28.1. The van der Waals surface area contributed by atoms with Crippen molar-refractivity contribution in [2.45, 2.75) is 32.9 Å². The Labute approximate surface area is 436 Å². The van der Waals surface area contributed by atoms with Crippen LogP contribution in [-0.2, 0) is 40.5 Å². The number of thioether (sulfide) groups is 1. The third kappa shape index (κ3) is 11.7. The van der Waals surface area contributed by atoms with Gasteiger partial charge in [-0.2, -0.15) is 49.2 Å². The number of anilines is 2. The lowest BCUT2D eigenvalue weighted by Gasteiger charge is -2.14. The number of azo groups is 3. The largest absolute Gasteiger partial charge is 0.505 e. The summed E-state index contributed by atoms with van der Waals surface area (Å²) >= 11 is 0.899. The Morgan fingerprint density at radius 2 is 1.45 bits per heavy atom. The number of benzene rings is 5. The number of aromatic nitrogens is 2. The Morgan fingerprint density at radius 3 is 2.07 bits per heavy atom. The average molecular weight is 1130 g/mol. The van der Waals surface area contributed by atoms with E-state index in [9.17, 15) is 67.4 Å². The molecule has 0 saturated heterocycles. The van der Waals surface area contributed by atoms with Gasteiger partial charge < -0.3 is 26.4 Å². The van der Waals surface area contributed by atoms with E-state index >= 15 is 0 Å². The molecule has 394 valence electrons. The van der Waals surface area contributed by atoms with Gasteiger partial charge in [0, 0.05) is 33.0 Å². The van der Waals surface area contributed by atoms with E-state index in [1.165, 1.54) is 37.3 Å². The third-order valence-corrected chi connectivity index (χ3v) is 15.2. The predicted octanol–water partition coefficient (Wildman–Crippen LogP) is 9.26. The molecule has 0 aliphatic rings. The average Bonchev–Trinajstić information content (AvgIpc) is 3.73. The number of phenols is 1. The molecule has 76 heavy (non-hydrogen) atoms. The van der Waals surface area contributed by atoms with Gasteiger partial charge in [-0.25, -0.2) is 4.98 Å². The Kier molecular flexibility index (Phi) is 15.8. The van der Waals surface area contributed by atoms with Crippen molar-refractivity contribution in [1.29, 1.82) is 5.26 Å². The van der Waals surface area contributed by atoms with Crippen LogP contribution in [0.15, 0.2) is 136 Å². The van der Waals surface area contributed by atoms with Gasteiger partial charge in [-0.1, -0.05) is 55.3 Å². The highest BCUT2D eigenvalue weighted by molar-refractivity contribution is 7.99. The number of hydrogen-bond donors (Lipinski definition) is 8. The molecule has 0 bridgehead atoms. The fourth-order valence-corrected chi connectivity index (χ4v) is 10.9. The topological polar surface area (TPSA) is 434 Å². The molecule has 7 aromatic rings. The summed E-state index contributed by atoms with van der Waals surface area (Å²) in [7, 11) is -20.1. The third-order valence-electron chi connectivity index (χ3n) is 10.8. The molecule has 2 heterocycles. The van der Waals surface area contributed by atoms with E-state index in [-0.39, 0.29) is 80.5 Å². The SMILES string of the molecule is C=Cc1nc2c(C#N)c(-c3ccccc3)c(N=Nc3ccc4c(O)c(N=Nc5cc(C)c(N=NCSc6cc(N)cc(S(=O)(=O)O)c6N)cc5OCCCS(=O)(=O)O)c(S(=O)(=O)O)cc4c3S(=O)(=O)O)c(O)n2c1C=C. The highest BCUT2D eigenvalue weighted by Gasteiger charge is 2.30. The lowest BCUT2D eigenvalue weighted by atomic mass is 9.99. The maximum absolute atomic E-state index is 13.3. The van der Waals surface area contributed by atoms with Crippen molar-refractivity contribution in [2.24, 2.45) is 30.7 Å². The summed E-state index contributed by atoms with van der Waals surface area (Å²) in [5.41, 5.74) is 10.1. The fourth-order valence-electron chi connectivity index (χ4n) is 7.49. The molecule has 0 fully saturated rings. The summed E-state index contributed by atoms with van der Waals surface area (Å²) in [5, 5.41) is 57.0. The molecule has 10 N–H and O–H groups in total. The van der Waals surface area contributed by atoms with Crippen LogP contribution in [0, 0.1) is 18.3 Å². The van der Waals surface area contributed by atoms with Crippen LogP contribution in [0.3, 0.4) is 0 Å². The lowest BCUT2D eigenvalue weighted by molar-refractivity contribution is 0.317. The van der Waals surface area contributed by atoms with Crippen LogP contribution in [0.4, 0.5) is 39.8 Å². The maximum Gasteiger partial charge on any atom is 0.297 e. The van der Waals surface area contributed by atoms with Gasteiger partial charge in [0.15, 0.2) is 17.1 Å². The first-order valence-electron chi connectivity index (χ1n) is 21.2. The van der Waals surface area contributed by atoms with E-state index in [0.717, 1.165) is 34.4 Å². The molecule has 0 spiro atoms. The minimum absolute atomic E-state index is 0.0131. The fraction of sp³-hybridized carbons (Fsp3) is 0.111. The molecule has 0 amide bonds. The number of imidazole rings is 1. The van der Waals surface area contributed by atoms with Crippen molar-refractivity contribution < 1.29 is 66.8 Å². The predicted molar refractivity (Wildman–Crippen MR) is 279 cm³/mol. The van der Waals surface area contributed by atoms with E-state index in [1.807, 2.05) is 0 Å². The van der Waals surface area contributed by atoms with Crippen LogP contribution < -0.4 is 16.2 Å². The van der Waals surface area contributed by atoms with Crippen molar-refractivity contribution in [2.75, 3.05) is 29.7 Å². The number of aryl methyl sites for hydroxylation is 1. The highest BCUT2D eigenvalue weighted by atomic mass is 32.2. The molecular weight excluding hydrogens is 1090 g/mol. The number of fused-ring (bicyclic) bond motifs is 2. The second-order valence-corrected chi connectivity index (χ2v) is 22.5. The number of nitrogens with zero attached hydrogens (tertiary/aromatic N) is 9. The molecule has 26 nitrogen and oxygen atoms in total. The second kappa shape index (κ2) is 21.6. The molecule has 0 saturated carbocycles. The number of nitrogen functional groups attached to an aromatic ring is 2. The van der Waals surface area contributed by atoms with Crippen LogP contribution >= 0.6 is 11.8 Å². The van der Waals surface area contributed by atoms with Gasteiger partial charge in [0.05, 0.1) is 35.1 Å². The first-order chi connectivity index (χ1) is 35.7. The molecule has 0 atom stereocenters. The molecule has 5 aromatic carbocycles. The minimum Gasteiger partial charge on any atom is -0.505 e. The van der Waals surface area contributed by atoms with Gasteiger partial charge in [-0.05, 0) is 73.0 Å². The van der Waals surface area contributed by atoms with Crippen LogP contribution in [0.1, 0.15) is 28.9 Å². The molecule has 0 aliphatic carbocycles. The van der Waals surface area contributed by atoms with Crippen LogP contribution in [0.5, 0.6) is 17.4 Å². The summed E-state index contributed by atoms with van der Waals surface area (Å²) in [6.07, 6.45) is 2.42. The number of aromatic hydroxyl groups is 2. The van der Waals surface area contributed by atoms with Crippen LogP contribution in [-0.4, -0.2) is 89.7 Å². The lowest BCUT2D eigenvalue weighted by Crippen LogP contribution is -2.08. The zero-order chi connectivity index (χ0) is 55.7. The Bertz CT molecular complexity index is 4180. The number of nitriles is 1. The van der Waals surface area contributed by atoms with Gasteiger partial charge in [0.1, 0.15) is 55.0 Å². The van der Waals surface area contributed by atoms with E-state index in [1.54, 1.807) is 30.3 Å². The second-order valence-electron chi connectivity index (χ2n) is 15.8. The maximum atomic E-state index is 13.3. The molecule has 0 unspecified atom stereocenters. The van der Waals surface area contributed by atoms with Crippen molar-refractivity contribution in [3.8, 4) is 34.6 Å². The van der Waals surface area contributed by atoms with E-state index in [4.69, 9.17) is 16.2 Å². The van der Waals surface area contributed by atoms with Crippen molar-refractivity contribution >= 4 is 121 Å². The number of hydrogen-bond acceptors (Lipinski definition) is 22. The standard InChI is InChI=1S/C45H39N11O15S5/c1-4-29-33(5-2)56-44(50-29)28(21-46)38(24-10-7-6-8-11-24)41(45(56)58)55-52-30-13-12-26-27(43(30)76(68,69)70)19-37(75(65,66)67)40(42(26)57)54-53-32-16-23(3)31(20-34(32)71-14-9-15-73(59,60)61)51-49-22-72-35-17-25(47)18-36(39(35)48)74(62,63)64/h4-8,10-13,16-20,57-58H,1-2,9,14-15,22,47-48H2,3H3,(H,59,60,61)(H,62,63,64)(H,65,66,67)(H,68,69,70). The van der Waals surface area contributed by atoms with E-state index in [2.05, 4.69) is 54.9 Å². The summed E-state index contributed by atoms with van der Waals surface area (Å²) in [6.45, 7) is 8.61. The van der Waals surface area contributed by atoms with Gasteiger partial charge >= 0.3 is 0 Å². The first kappa shape index (κ1) is 55.6. The number of ether oxygens (including phenoxy) is 1. The Balaban J connectivity index is 1.34. The van der Waals surface area contributed by atoms with Crippen molar-refractivity contribution in [3.05, 3.63) is 108 Å². The zero-order valence-corrected chi connectivity index (χ0v) is 43.0. The van der Waals surface area contributed by atoms with E-state index < -0.39 is 100 Å². The van der Waals surface area contributed by atoms with E-state index in [0.29, 0.717) is 17.2 Å². The Morgan fingerprint density at radius 1 is 0.776 bits per heavy atom. The summed E-state index contributed by atoms with van der Waals surface area (Å²) in [6, 6.07) is 17.5. The molecule has 7 rings (SSSR count). The molecular formula is C45H39N11O15S5. The molecule has 0 aliphatic heterocycles. The number of nitrogens with two attached hydrogens (primary N) is 2. The molecule has 0 radical (unpaired) electrons. The van der Waals surface area contributed by atoms with Crippen molar-refractivity contribution in [3.63, 3.8) is 0 Å². The highest BCUT2D eigenvalue weighted by Crippen LogP contribution is 2.48. The van der Waals surface area contributed by atoms with Crippen LogP contribution in [0.25, 0.3) is 39.7 Å². The Hall–Kier alpha value is -8.19. The molecule has 31 heteroatoms. The van der Waals surface area contributed by atoms with Gasteiger partial charge in [0.25, 0.3) is 40.5 Å². The van der Waals surface area contributed by atoms with Crippen molar-refractivity contribution in [1.82, 2.24) is 9.38 Å². The summed E-state index contributed by atoms with van der Waals surface area (Å²) in [4.78, 5) is 1.56. The normalized spacial score (nSPS) is 12.6. The summed E-state index contributed by atoms with van der Waals surface area (Å²) < 4.78 is 146. The van der Waals surface area contributed by atoms with Gasteiger partial charge in [0.2, 0.25) is 5.88 Å². The minimum atomic E-state index is -5.49. The monoisotopic (exact) mass is 1130 g/mol. The van der Waals surface area contributed by atoms with Crippen LogP contribution in [0.2, 0.25) is 0 Å². The van der Waals surface area contributed by atoms with Gasteiger partial charge in [-0.3, -0.25) is 22.6 Å². The number of rotatable bonds is 19. The summed E-state index contributed by atoms with van der Waals surface area (Å²) in [5.74, 6) is -2.88. The molecule has 2 aromatic heterocycles. The number of pyridine rings is 1.